The Morgan fingerprint density at radius 1 is 0.882 bits per heavy atom. The highest BCUT2D eigenvalue weighted by Crippen LogP contribution is 2.45. The first-order valence-electron chi connectivity index (χ1n) is 11.9. The van der Waals surface area contributed by atoms with Gasteiger partial charge in [-0.1, -0.05) is 91.0 Å². The molecule has 0 saturated carbocycles. The average molecular weight is 459 g/mol. The summed E-state index contributed by atoms with van der Waals surface area (Å²) in [6.07, 6.45) is 0.199. The molecular formula is C29H34N2O3. The molecule has 0 bridgehead atoms. The number of hydrogen-bond donors (Lipinski definition) is 2. The monoisotopic (exact) mass is 458 g/mol. The minimum atomic E-state index is -0.637. The molecular weight excluding hydrogens is 424 g/mol. The van der Waals surface area contributed by atoms with E-state index >= 15 is 0 Å². The molecule has 1 saturated heterocycles. The van der Waals surface area contributed by atoms with Gasteiger partial charge in [0.15, 0.2) is 0 Å². The van der Waals surface area contributed by atoms with E-state index in [0.29, 0.717) is 13.0 Å². The Morgan fingerprint density at radius 3 is 1.71 bits per heavy atom. The van der Waals surface area contributed by atoms with E-state index in [2.05, 4.69) is 83.0 Å². The maximum absolute atomic E-state index is 12.6. The summed E-state index contributed by atoms with van der Waals surface area (Å²) < 4.78 is 5.51. The minimum absolute atomic E-state index is 0.0131. The largest absolute Gasteiger partial charge is 0.444 e. The predicted octanol–water partition coefficient (Wildman–Crippen LogP) is 4.94. The Kier molecular flexibility index (Phi) is 7.05. The second-order valence-corrected chi connectivity index (χ2v) is 9.88. The molecule has 5 heteroatoms. The van der Waals surface area contributed by atoms with Crippen LogP contribution in [-0.4, -0.2) is 46.9 Å². The van der Waals surface area contributed by atoms with Crippen molar-refractivity contribution < 1.29 is 14.6 Å². The Morgan fingerprint density at radius 2 is 1.32 bits per heavy atom. The molecule has 0 spiro atoms. The number of rotatable bonds is 6. The van der Waals surface area contributed by atoms with Crippen LogP contribution >= 0.6 is 0 Å². The first-order valence-corrected chi connectivity index (χ1v) is 11.9. The van der Waals surface area contributed by atoms with Gasteiger partial charge >= 0.3 is 6.09 Å². The fourth-order valence-electron chi connectivity index (χ4n) is 5.11. The van der Waals surface area contributed by atoms with Crippen LogP contribution in [0.25, 0.3) is 0 Å². The average Bonchev–Trinajstić information content (AvgIpc) is 3.23. The number of ether oxygens (including phenoxy) is 1. The highest BCUT2D eigenvalue weighted by Gasteiger charge is 2.49. The van der Waals surface area contributed by atoms with Crippen molar-refractivity contribution in [3.8, 4) is 0 Å². The first-order chi connectivity index (χ1) is 16.3. The third-order valence-electron chi connectivity index (χ3n) is 6.35. The van der Waals surface area contributed by atoms with Gasteiger partial charge in [0.1, 0.15) is 5.60 Å². The predicted molar refractivity (Wildman–Crippen MR) is 135 cm³/mol. The van der Waals surface area contributed by atoms with Gasteiger partial charge in [-0.3, -0.25) is 4.90 Å². The molecule has 5 nitrogen and oxygen atoms in total. The second-order valence-electron chi connectivity index (χ2n) is 9.88. The van der Waals surface area contributed by atoms with Crippen LogP contribution in [-0.2, 0) is 10.3 Å². The van der Waals surface area contributed by atoms with Gasteiger partial charge in [0.05, 0.1) is 12.1 Å². The van der Waals surface area contributed by atoms with Crippen LogP contribution in [0.2, 0.25) is 0 Å². The van der Waals surface area contributed by atoms with Gasteiger partial charge in [0, 0.05) is 18.6 Å². The van der Waals surface area contributed by atoms with Gasteiger partial charge in [-0.15, -0.1) is 0 Å². The summed E-state index contributed by atoms with van der Waals surface area (Å²) in [6, 6.07) is 30.9. The van der Waals surface area contributed by atoms with Crippen LogP contribution < -0.4 is 5.32 Å². The molecule has 0 aliphatic carbocycles. The van der Waals surface area contributed by atoms with E-state index < -0.39 is 17.2 Å². The topological polar surface area (TPSA) is 61.8 Å². The molecule has 34 heavy (non-hydrogen) atoms. The van der Waals surface area contributed by atoms with Crippen molar-refractivity contribution in [3.63, 3.8) is 0 Å². The quantitative estimate of drug-likeness (QED) is 0.514. The molecule has 0 aromatic heterocycles. The number of nitrogens with zero attached hydrogens (tertiary/aromatic N) is 1. The summed E-state index contributed by atoms with van der Waals surface area (Å²) >= 11 is 0. The van der Waals surface area contributed by atoms with Gasteiger partial charge in [-0.2, -0.15) is 0 Å². The number of hydrogen-bond acceptors (Lipinski definition) is 4. The van der Waals surface area contributed by atoms with Gasteiger partial charge in [-0.05, 0) is 43.9 Å². The van der Waals surface area contributed by atoms with Crippen LogP contribution in [0.3, 0.4) is 0 Å². The van der Waals surface area contributed by atoms with Crippen molar-refractivity contribution in [2.75, 3.05) is 13.2 Å². The van der Waals surface area contributed by atoms with Crippen molar-refractivity contribution in [1.82, 2.24) is 10.2 Å². The van der Waals surface area contributed by atoms with Gasteiger partial charge in [0.25, 0.3) is 0 Å². The smallest absolute Gasteiger partial charge is 0.407 e. The van der Waals surface area contributed by atoms with E-state index in [1.165, 1.54) is 0 Å². The Balaban J connectivity index is 1.83. The number of carbonyl (C=O) groups excluding carboxylic acids is 1. The van der Waals surface area contributed by atoms with Gasteiger partial charge in [0.2, 0.25) is 0 Å². The molecule has 3 aromatic carbocycles. The van der Waals surface area contributed by atoms with Crippen molar-refractivity contribution in [2.24, 2.45) is 0 Å². The lowest BCUT2D eigenvalue weighted by Gasteiger charge is -2.46. The lowest BCUT2D eigenvalue weighted by Crippen LogP contribution is -2.52. The SMILES string of the molecule is CC(C)(C)OC(=O)N[C@@H]1C[C@H](CO)N(C(c2ccccc2)(c2ccccc2)c2ccccc2)C1. The normalized spacial score (nSPS) is 19.1. The highest BCUT2D eigenvalue weighted by molar-refractivity contribution is 5.68. The molecule has 2 atom stereocenters. The van der Waals surface area contributed by atoms with Crippen LogP contribution in [0.15, 0.2) is 91.0 Å². The fraction of sp³-hybridized carbons (Fsp3) is 0.345. The lowest BCUT2D eigenvalue weighted by atomic mass is 9.75. The summed E-state index contributed by atoms with van der Waals surface area (Å²) in [5.74, 6) is 0. The Labute approximate surface area is 202 Å². The summed E-state index contributed by atoms with van der Waals surface area (Å²) in [5.41, 5.74) is 2.14. The van der Waals surface area contributed by atoms with Crippen molar-refractivity contribution in [3.05, 3.63) is 108 Å². The molecule has 1 heterocycles. The van der Waals surface area contributed by atoms with Crippen LogP contribution in [0.1, 0.15) is 43.9 Å². The molecule has 1 fully saturated rings. The maximum atomic E-state index is 12.6. The number of likely N-dealkylation sites (tertiary alicyclic amines) is 1. The lowest BCUT2D eigenvalue weighted by molar-refractivity contribution is 0.0502. The van der Waals surface area contributed by atoms with E-state index in [0.717, 1.165) is 16.7 Å². The number of alkyl carbamates (subject to hydrolysis) is 1. The number of benzene rings is 3. The standard InChI is InChI=1S/C29H34N2O3/c1-28(2,3)34-27(33)30-25-19-26(21-32)31(20-25)29(22-13-7-4-8-14-22,23-15-9-5-10-16-23)24-17-11-6-12-18-24/h4-18,25-26,32H,19-21H2,1-3H3,(H,30,33)/t25-,26-/m1/s1. The van der Waals surface area contributed by atoms with Gasteiger partial charge < -0.3 is 15.2 Å². The van der Waals surface area contributed by atoms with Gasteiger partial charge in [-0.25, -0.2) is 4.79 Å². The maximum Gasteiger partial charge on any atom is 0.407 e. The van der Waals surface area contributed by atoms with Crippen LogP contribution in [0.5, 0.6) is 0 Å². The zero-order valence-corrected chi connectivity index (χ0v) is 20.1. The minimum Gasteiger partial charge on any atom is -0.444 e. The summed E-state index contributed by atoms with van der Waals surface area (Å²) in [4.78, 5) is 14.9. The van der Waals surface area contributed by atoms with E-state index in [-0.39, 0.29) is 18.7 Å². The number of amides is 1. The van der Waals surface area contributed by atoms with Crippen LogP contribution in [0, 0.1) is 0 Å². The van der Waals surface area contributed by atoms with E-state index in [9.17, 15) is 9.90 Å². The van der Waals surface area contributed by atoms with Crippen molar-refractivity contribution >= 4 is 6.09 Å². The highest BCUT2D eigenvalue weighted by atomic mass is 16.6. The number of carbonyl (C=O) groups is 1. The number of nitrogens with one attached hydrogen (secondary N) is 1. The first kappa shape index (κ1) is 24.0. The third kappa shape index (κ3) is 4.86. The molecule has 1 amide bonds. The van der Waals surface area contributed by atoms with E-state index in [1.807, 2.05) is 39.0 Å². The second kappa shape index (κ2) is 10.00. The third-order valence-corrected chi connectivity index (χ3v) is 6.35. The van der Waals surface area contributed by atoms with Crippen molar-refractivity contribution in [1.29, 1.82) is 0 Å². The molecule has 0 unspecified atom stereocenters. The molecule has 178 valence electrons. The molecule has 0 radical (unpaired) electrons. The molecule has 3 aromatic rings. The molecule has 1 aliphatic rings. The van der Waals surface area contributed by atoms with Crippen LogP contribution in [0.4, 0.5) is 4.79 Å². The summed E-state index contributed by atoms with van der Waals surface area (Å²) in [5, 5.41) is 13.5. The fourth-order valence-corrected chi connectivity index (χ4v) is 5.11. The summed E-state index contributed by atoms with van der Waals surface area (Å²) in [7, 11) is 0. The molecule has 1 aliphatic heterocycles. The zero-order chi connectivity index (χ0) is 24.2. The van der Waals surface area contributed by atoms with E-state index in [1.54, 1.807) is 0 Å². The number of aliphatic hydroxyl groups excluding tert-OH is 1. The summed E-state index contributed by atoms with van der Waals surface area (Å²) in [6.45, 7) is 6.13. The van der Waals surface area contributed by atoms with Crippen molar-refractivity contribution in [2.45, 2.75) is 50.4 Å². The Hall–Kier alpha value is -3.15. The molecule has 2 N–H and O–H groups in total. The number of aliphatic hydroxyl groups is 1. The molecule has 4 rings (SSSR count). The van der Waals surface area contributed by atoms with E-state index in [4.69, 9.17) is 4.74 Å². The Bertz CT molecular complexity index is 968. The zero-order valence-electron chi connectivity index (χ0n) is 20.1.